The summed E-state index contributed by atoms with van der Waals surface area (Å²) in [6.07, 6.45) is 3.49. The number of methoxy groups -OCH3 is 1. The Kier molecular flexibility index (Phi) is 6.97. The second-order valence-electron chi connectivity index (χ2n) is 4.64. The average molecular weight is 264 g/mol. The maximum atomic E-state index is 11.8. The summed E-state index contributed by atoms with van der Waals surface area (Å²) in [5, 5.41) is 6.01. The van der Waals surface area contributed by atoms with Crippen LogP contribution < -0.4 is 15.4 Å². The summed E-state index contributed by atoms with van der Waals surface area (Å²) in [5.74, 6) is 0.644. The molecule has 1 aromatic rings. The lowest BCUT2D eigenvalue weighted by Gasteiger charge is -2.11. The Morgan fingerprint density at radius 2 is 2.11 bits per heavy atom. The number of aryl methyl sites for hydroxylation is 1. The van der Waals surface area contributed by atoms with Crippen LogP contribution in [-0.4, -0.2) is 26.1 Å². The number of anilines is 1. The number of carbonyl (C=O) groups excluding carboxylic acids is 1. The normalized spacial score (nSPS) is 10.3. The molecule has 1 amide bonds. The Hall–Kier alpha value is -1.55. The highest BCUT2D eigenvalue weighted by Gasteiger charge is 2.07. The third-order valence-corrected chi connectivity index (χ3v) is 2.87. The molecule has 1 aromatic carbocycles. The number of hydrogen-bond donors (Lipinski definition) is 2. The second kappa shape index (κ2) is 8.53. The van der Waals surface area contributed by atoms with E-state index in [4.69, 9.17) is 4.74 Å². The van der Waals surface area contributed by atoms with Gasteiger partial charge in [0.15, 0.2) is 0 Å². The van der Waals surface area contributed by atoms with E-state index in [1.54, 1.807) is 7.11 Å². The van der Waals surface area contributed by atoms with Gasteiger partial charge in [0.05, 0.1) is 19.3 Å². The number of benzene rings is 1. The molecule has 19 heavy (non-hydrogen) atoms. The number of nitrogens with one attached hydrogen (secondary N) is 2. The third-order valence-electron chi connectivity index (χ3n) is 2.87. The predicted octanol–water partition coefficient (Wildman–Crippen LogP) is 2.72. The molecule has 2 N–H and O–H groups in total. The highest BCUT2D eigenvalue weighted by Crippen LogP contribution is 2.24. The van der Waals surface area contributed by atoms with Crippen molar-refractivity contribution in [3.05, 3.63) is 23.8 Å². The van der Waals surface area contributed by atoms with E-state index in [0.29, 0.717) is 12.3 Å². The van der Waals surface area contributed by atoms with Gasteiger partial charge in [0.1, 0.15) is 5.75 Å². The first kappa shape index (κ1) is 15.5. The number of unbranched alkanes of at least 4 members (excludes halogenated alkanes) is 2. The Labute approximate surface area is 115 Å². The molecule has 0 fully saturated rings. The van der Waals surface area contributed by atoms with Crippen LogP contribution in [0.1, 0.15) is 31.7 Å². The minimum absolute atomic E-state index is 0.0413. The van der Waals surface area contributed by atoms with Crippen molar-refractivity contribution in [1.29, 1.82) is 0 Å². The summed E-state index contributed by atoms with van der Waals surface area (Å²) < 4.78 is 5.22. The van der Waals surface area contributed by atoms with Crippen molar-refractivity contribution >= 4 is 11.6 Å². The summed E-state index contributed by atoms with van der Waals surface area (Å²) in [5.41, 5.74) is 1.81. The van der Waals surface area contributed by atoms with Gasteiger partial charge >= 0.3 is 0 Å². The molecule has 4 nitrogen and oxygen atoms in total. The summed E-state index contributed by atoms with van der Waals surface area (Å²) >= 11 is 0. The number of carbonyl (C=O) groups is 1. The fraction of sp³-hybridized carbons (Fsp3) is 0.533. The van der Waals surface area contributed by atoms with E-state index in [1.165, 1.54) is 12.8 Å². The summed E-state index contributed by atoms with van der Waals surface area (Å²) in [7, 11) is 1.60. The molecule has 0 unspecified atom stereocenters. The predicted molar refractivity (Wildman–Crippen MR) is 78.8 cm³/mol. The van der Waals surface area contributed by atoms with Crippen LogP contribution in [0.4, 0.5) is 5.69 Å². The summed E-state index contributed by atoms with van der Waals surface area (Å²) in [6.45, 7) is 5.36. The topological polar surface area (TPSA) is 50.4 Å². The van der Waals surface area contributed by atoms with Crippen LogP contribution in [0.15, 0.2) is 18.2 Å². The van der Waals surface area contributed by atoms with Crippen LogP contribution in [-0.2, 0) is 4.79 Å². The maximum Gasteiger partial charge on any atom is 0.238 e. The van der Waals surface area contributed by atoms with Crippen molar-refractivity contribution < 1.29 is 9.53 Å². The minimum Gasteiger partial charge on any atom is -0.495 e. The Morgan fingerprint density at radius 3 is 2.79 bits per heavy atom. The van der Waals surface area contributed by atoms with Crippen molar-refractivity contribution in [2.45, 2.75) is 33.1 Å². The van der Waals surface area contributed by atoms with Crippen molar-refractivity contribution in [3.63, 3.8) is 0 Å². The fourth-order valence-electron chi connectivity index (χ4n) is 1.82. The van der Waals surface area contributed by atoms with Gasteiger partial charge < -0.3 is 15.4 Å². The molecule has 0 saturated carbocycles. The molecule has 106 valence electrons. The van der Waals surface area contributed by atoms with Gasteiger partial charge in [-0.05, 0) is 37.6 Å². The molecular formula is C15H24N2O2. The third kappa shape index (κ3) is 5.75. The Morgan fingerprint density at radius 1 is 1.32 bits per heavy atom. The van der Waals surface area contributed by atoms with E-state index in [2.05, 4.69) is 17.6 Å². The molecule has 0 radical (unpaired) electrons. The zero-order chi connectivity index (χ0) is 14.1. The monoisotopic (exact) mass is 264 g/mol. The van der Waals surface area contributed by atoms with Gasteiger partial charge in [-0.1, -0.05) is 25.8 Å². The van der Waals surface area contributed by atoms with Crippen molar-refractivity contribution in [3.8, 4) is 5.75 Å². The van der Waals surface area contributed by atoms with E-state index < -0.39 is 0 Å². The average Bonchev–Trinajstić information content (AvgIpc) is 2.39. The van der Waals surface area contributed by atoms with Gasteiger partial charge in [0.2, 0.25) is 5.91 Å². The largest absolute Gasteiger partial charge is 0.495 e. The highest BCUT2D eigenvalue weighted by atomic mass is 16.5. The number of rotatable bonds is 8. The maximum absolute atomic E-state index is 11.8. The number of amides is 1. The van der Waals surface area contributed by atoms with Gasteiger partial charge in [-0.2, -0.15) is 0 Å². The van der Waals surface area contributed by atoms with Gasteiger partial charge in [0, 0.05) is 0 Å². The van der Waals surface area contributed by atoms with Crippen LogP contribution in [0.3, 0.4) is 0 Å². The molecule has 0 aliphatic carbocycles. The molecule has 0 aliphatic heterocycles. The van der Waals surface area contributed by atoms with E-state index in [1.807, 2.05) is 25.1 Å². The standard InChI is InChI=1S/C15H24N2O2/c1-4-5-6-9-16-11-15(18)17-13-10-12(2)7-8-14(13)19-3/h7-8,10,16H,4-6,9,11H2,1-3H3,(H,17,18). The first-order valence-corrected chi connectivity index (χ1v) is 6.82. The molecule has 4 heteroatoms. The lowest BCUT2D eigenvalue weighted by molar-refractivity contribution is -0.115. The van der Waals surface area contributed by atoms with Crippen LogP contribution in [0.5, 0.6) is 5.75 Å². The van der Waals surface area contributed by atoms with Crippen LogP contribution in [0.25, 0.3) is 0 Å². The number of ether oxygens (including phenoxy) is 1. The SMILES string of the molecule is CCCCCNCC(=O)Nc1cc(C)ccc1OC. The molecule has 0 bridgehead atoms. The van der Waals surface area contributed by atoms with Crippen LogP contribution in [0, 0.1) is 6.92 Å². The van der Waals surface area contributed by atoms with E-state index in [0.717, 1.165) is 24.2 Å². The minimum atomic E-state index is -0.0413. The molecule has 0 saturated heterocycles. The summed E-state index contributed by atoms with van der Waals surface area (Å²) in [6, 6.07) is 5.73. The fourth-order valence-corrected chi connectivity index (χ4v) is 1.82. The molecule has 0 aliphatic rings. The van der Waals surface area contributed by atoms with Crippen LogP contribution >= 0.6 is 0 Å². The van der Waals surface area contributed by atoms with Gasteiger partial charge in [-0.25, -0.2) is 0 Å². The van der Waals surface area contributed by atoms with Crippen molar-refractivity contribution in [2.75, 3.05) is 25.5 Å². The van der Waals surface area contributed by atoms with Gasteiger partial charge in [-0.15, -0.1) is 0 Å². The molecule has 0 heterocycles. The van der Waals surface area contributed by atoms with E-state index >= 15 is 0 Å². The Balaban J connectivity index is 2.41. The Bertz CT molecular complexity index is 405. The van der Waals surface area contributed by atoms with Gasteiger partial charge in [-0.3, -0.25) is 4.79 Å². The molecule has 0 aromatic heterocycles. The lowest BCUT2D eigenvalue weighted by Crippen LogP contribution is -2.28. The van der Waals surface area contributed by atoms with Crippen molar-refractivity contribution in [2.24, 2.45) is 0 Å². The van der Waals surface area contributed by atoms with Crippen LogP contribution in [0.2, 0.25) is 0 Å². The quantitative estimate of drug-likeness (QED) is 0.710. The van der Waals surface area contributed by atoms with E-state index in [-0.39, 0.29) is 5.91 Å². The second-order valence-corrected chi connectivity index (χ2v) is 4.64. The smallest absolute Gasteiger partial charge is 0.238 e. The summed E-state index contributed by atoms with van der Waals surface area (Å²) in [4.78, 5) is 11.8. The molecular weight excluding hydrogens is 240 g/mol. The van der Waals surface area contributed by atoms with Gasteiger partial charge in [0.25, 0.3) is 0 Å². The molecule has 0 spiro atoms. The zero-order valence-corrected chi connectivity index (χ0v) is 12.1. The van der Waals surface area contributed by atoms with Crippen molar-refractivity contribution in [1.82, 2.24) is 5.32 Å². The molecule has 0 atom stereocenters. The first-order chi connectivity index (χ1) is 9.17. The zero-order valence-electron chi connectivity index (χ0n) is 12.1. The molecule has 1 rings (SSSR count). The lowest BCUT2D eigenvalue weighted by atomic mass is 10.2. The van der Waals surface area contributed by atoms with E-state index in [9.17, 15) is 4.79 Å². The number of hydrogen-bond acceptors (Lipinski definition) is 3. The highest BCUT2D eigenvalue weighted by molar-refractivity contribution is 5.93. The first-order valence-electron chi connectivity index (χ1n) is 6.82.